The molecular formula is C11H13N3O3. The van der Waals surface area contributed by atoms with Gasteiger partial charge in [-0.25, -0.2) is 0 Å². The molecule has 6 heteroatoms. The maximum Gasteiger partial charge on any atom is 0.262 e. The Morgan fingerprint density at radius 2 is 2.24 bits per heavy atom. The number of carbonyl (C=O) groups is 1. The van der Waals surface area contributed by atoms with Gasteiger partial charge in [-0.05, 0) is 17.3 Å². The summed E-state index contributed by atoms with van der Waals surface area (Å²) in [5.41, 5.74) is 11.3. The highest BCUT2D eigenvalue weighted by Gasteiger charge is 2.12. The number of aromatic nitrogens is 1. The van der Waals surface area contributed by atoms with Crippen molar-refractivity contribution >= 4 is 16.9 Å². The summed E-state index contributed by atoms with van der Waals surface area (Å²) in [5.74, 6) is -0.0772. The molecule has 6 nitrogen and oxygen atoms in total. The zero-order chi connectivity index (χ0) is 12.3. The lowest BCUT2D eigenvalue weighted by Gasteiger charge is -2.09. The average Bonchev–Trinajstić information content (AvgIpc) is 2.69. The number of para-hydroxylation sites is 1. The van der Waals surface area contributed by atoms with Gasteiger partial charge in [0.2, 0.25) is 5.91 Å². The smallest absolute Gasteiger partial charge is 0.262 e. The van der Waals surface area contributed by atoms with Gasteiger partial charge in [0, 0.05) is 12.5 Å². The van der Waals surface area contributed by atoms with Gasteiger partial charge in [0.15, 0.2) is 5.58 Å². The van der Waals surface area contributed by atoms with Crippen LogP contribution in [0.1, 0.15) is 6.42 Å². The molecule has 1 aromatic heterocycles. The summed E-state index contributed by atoms with van der Waals surface area (Å²) in [6, 6.07) is 6.88. The van der Waals surface area contributed by atoms with E-state index in [1.165, 1.54) is 0 Å². The second-order valence-electron chi connectivity index (χ2n) is 3.73. The zero-order valence-electron chi connectivity index (χ0n) is 9.13. The molecular weight excluding hydrogens is 222 g/mol. The van der Waals surface area contributed by atoms with Crippen molar-refractivity contribution in [1.29, 1.82) is 0 Å². The van der Waals surface area contributed by atoms with E-state index in [4.69, 9.17) is 20.7 Å². The Morgan fingerprint density at radius 1 is 1.47 bits per heavy atom. The minimum Gasteiger partial charge on any atom is -0.473 e. The molecule has 0 bridgehead atoms. The van der Waals surface area contributed by atoms with Crippen LogP contribution in [0.4, 0.5) is 0 Å². The highest BCUT2D eigenvalue weighted by Crippen LogP contribution is 2.24. The first-order valence-corrected chi connectivity index (χ1v) is 5.18. The summed E-state index contributed by atoms with van der Waals surface area (Å²) in [7, 11) is 0. The van der Waals surface area contributed by atoms with E-state index in [1.54, 1.807) is 6.07 Å². The van der Waals surface area contributed by atoms with Gasteiger partial charge in [-0.2, -0.15) is 0 Å². The Hall–Kier alpha value is -2.08. The molecule has 90 valence electrons. The Morgan fingerprint density at radius 3 is 3.00 bits per heavy atom. The SMILES string of the molecule is NC(=O)CC(N)COc1noc2ccccc12. The molecule has 0 fully saturated rings. The number of hydrogen-bond donors (Lipinski definition) is 2. The fourth-order valence-electron chi connectivity index (χ4n) is 1.47. The van der Waals surface area contributed by atoms with Crippen LogP contribution in [0.5, 0.6) is 5.88 Å². The summed E-state index contributed by atoms with van der Waals surface area (Å²) >= 11 is 0. The van der Waals surface area contributed by atoms with Gasteiger partial charge < -0.3 is 20.7 Å². The average molecular weight is 235 g/mol. The Balaban J connectivity index is 2.02. The molecule has 17 heavy (non-hydrogen) atoms. The van der Waals surface area contributed by atoms with E-state index >= 15 is 0 Å². The maximum atomic E-state index is 10.6. The molecule has 0 saturated heterocycles. The molecule has 0 aliphatic rings. The third kappa shape index (κ3) is 2.73. The number of ether oxygens (including phenoxy) is 1. The van der Waals surface area contributed by atoms with E-state index in [0.29, 0.717) is 11.5 Å². The first-order valence-electron chi connectivity index (χ1n) is 5.18. The van der Waals surface area contributed by atoms with Crippen molar-refractivity contribution in [3.05, 3.63) is 24.3 Å². The fourth-order valence-corrected chi connectivity index (χ4v) is 1.47. The van der Waals surface area contributed by atoms with Crippen LogP contribution >= 0.6 is 0 Å². The van der Waals surface area contributed by atoms with Crippen LogP contribution < -0.4 is 16.2 Å². The number of primary amides is 1. The molecule has 2 aromatic rings. The standard InChI is InChI=1S/C11H13N3O3/c12-7(5-10(13)15)6-16-11-8-3-1-2-4-9(8)17-14-11/h1-4,7H,5-6,12H2,(H2,13,15). The van der Waals surface area contributed by atoms with Crippen molar-refractivity contribution in [3.8, 4) is 5.88 Å². The maximum absolute atomic E-state index is 10.6. The van der Waals surface area contributed by atoms with Crippen molar-refractivity contribution in [1.82, 2.24) is 5.16 Å². The number of fused-ring (bicyclic) bond motifs is 1. The van der Waals surface area contributed by atoms with E-state index in [-0.39, 0.29) is 13.0 Å². The van der Waals surface area contributed by atoms with Crippen LogP contribution in [0.25, 0.3) is 11.0 Å². The molecule has 0 saturated carbocycles. The van der Waals surface area contributed by atoms with Crippen LogP contribution in [-0.4, -0.2) is 23.7 Å². The van der Waals surface area contributed by atoms with Crippen molar-refractivity contribution in [2.75, 3.05) is 6.61 Å². The van der Waals surface area contributed by atoms with Gasteiger partial charge in [0.1, 0.15) is 6.61 Å². The third-order valence-corrected chi connectivity index (χ3v) is 2.24. The first-order chi connectivity index (χ1) is 8.16. The predicted molar refractivity (Wildman–Crippen MR) is 61.3 cm³/mol. The molecule has 2 rings (SSSR count). The van der Waals surface area contributed by atoms with Gasteiger partial charge in [-0.15, -0.1) is 0 Å². The van der Waals surface area contributed by atoms with Crippen molar-refractivity contribution in [2.24, 2.45) is 11.5 Å². The summed E-state index contributed by atoms with van der Waals surface area (Å²) < 4.78 is 10.4. The monoisotopic (exact) mass is 235 g/mol. The van der Waals surface area contributed by atoms with Crippen molar-refractivity contribution in [3.63, 3.8) is 0 Å². The molecule has 0 aliphatic carbocycles. The molecule has 0 radical (unpaired) electrons. The molecule has 1 unspecified atom stereocenters. The molecule has 1 aromatic carbocycles. The van der Waals surface area contributed by atoms with Gasteiger partial charge in [0.05, 0.1) is 5.39 Å². The van der Waals surface area contributed by atoms with Crippen LogP contribution in [0, 0.1) is 0 Å². The number of hydrogen-bond acceptors (Lipinski definition) is 5. The summed E-state index contributed by atoms with van der Waals surface area (Å²) in [6.07, 6.45) is 0.0792. The van der Waals surface area contributed by atoms with E-state index in [2.05, 4.69) is 5.16 Å². The molecule has 0 spiro atoms. The largest absolute Gasteiger partial charge is 0.473 e. The molecule has 4 N–H and O–H groups in total. The highest BCUT2D eigenvalue weighted by molar-refractivity contribution is 5.81. The molecule has 1 amide bonds. The topological polar surface area (TPSA) is 104 Å². The Kier molecular flexibility index (Phi) is 3.24. The number of benzene rings is 1. The summed E-state index contributed by atoms with van der Waals surface area (Å²) in [4.78, 5) is 10.6. The number of nitrogens with zero attached hydrogens (tertiary/aromatic N) is 1. The predicted octanol–water partition coefficient (Wildman–Crippen LogP) is 0.409. The Labute approximate surface area is 97.5 Å². The van der Waals surface area contributed by atoms with Gasteiger partial charge >= 0.3 is 0 Å². The van der Waals surface area contributed by atoms with Crippen molar-refractivity contribution in [2.45, 2.75) is 12.5 Å². The first kappa shape index (κ1) is 11.4. The minimum absolute atomic E-state index is 0.0792. The molecule has 0 aliphatic heterocycles. The van der Waals surface area contributed by atoms with Gasteiger partial charge in [-0.1, -0.05) is 12.1 Å². The number of amides is 1. The zero-order valence-corrected chi connectivity index (χ0v) is 9.13. The van der Waals surface area contributed by atoms with E-state index in [9.17, 15) is 4.79 Å². The van der Waals surface area contributed by atoms with E-state index in [1.807, 2.05) is 18.2 Å². The van der Waals surface area contributed by atoms with E-state index in [0.717, 1.165) is 5.39 Å². The van der Waals surface area contributed by atoms with Gasteiger partial charge in [-0.3, -0.25) is 4.79 Å². The van der Waals surface area contributed by atoms with Gasteiger partial charge in [0.25, 0.3) is 5.88 Å². The molecule has 1 atom stereocenters. The van der Waals surface area contributed by atoms with Crippen LogP contribution in [0.3, 0.4) is 0 Å². The Bertz CT molecular complexity index is 523. The second kappa shape index (κ2) is 4.84. The lowest BCUT2D eigenvalue weighted by atomic mass is 10.2. The molecule has 1 heterocycles. The van der Waals surface area contributed by atoms with Crippen LogP contribution in [0.15, 0.2) is 28.8 Å². The summed E-state index contributed by atoms with van der Waals surface area (Å²) in [5, 5.41) is 4.55. The second-order valence-corrected chi connectivity index (χ2v) is 3.73. The third-order valence-electron chi connectivity index (χ3n) is 2.24. The number of nitrogens with two attached hydrogens (primary N) is 2. The normalized spacial score (nSPS) is 12.5. The fraction of sp³-hybridized carbons (Fsp3) is 0.273. The minimum atomic E-state index is -0.453. The lowest BCUT2D eigenvalue weighted by Crippen LogP contribution is -2.32. The van der Waals surface area contributed by atoms with Crippen molar-refractivity contribution < 1.29 is 14.1 Å². The quantitative estimate of drug-likeness (QED) is 0.780. The van der Waals surface area contributed by atoms with Crippen LogP contribution in [-0.2, 0) is 4.79 Å². The summed E-state index contributed by atoms with van der Waals surface area (Å²) in [6.45, 7) is 0.166. The lowest BCUT2D eigenvalue weighted by molar-refractivity contribution is -0.118. The van der Waals surface area contributed by atoms with Crippen LogP contribution in [0.2, 0.25) is 0 Å². The highest BCUT2D eigenvalue weighted by atomic mass is 16.5. The number of rotatable bonds is 5. The van der Waals surface area contributed by atoms with E-state index < -0.39 is 11.9 Å². The number of carbonyl (C=O) groups excluding carboxylic acids is 1.